The van der Waals surface area contributed by atoms with E-state index in [2.05, 4.69) is 0 Å². The fraction of sp³-hybridized carbons (Fsp3) is 0.455. The molecule has 0 heterocycles. The summed E-state index contributed by atoms with van der Waals surface area (Å²) in [6.07, 6.45) is 1.38. The van der Waals surface area contributed by atoms with Crippen molar-refractivity contribution >= 4 is 0 Å². The largest absolute Gasteiger partial charge is 0.396 e. The third-order valence-electron chi connectivity index (χ3n) is 2.84. The number of aryl methyl sites for hydroxylation is 1. The van der Waals surface area contributed by atoms with Crippen LogP contribution in [0.5, 0.6) is 0 Å². The highest BCUT2D eigenvalue weighted by molar-refractivity contribution is 5.31. The van der Waals surface area contributed by atoms with Gasteiger partial charge in [0, 0.05) is 12.5 Å². The molecule has 1 unspecified atom stereocenters. The summed E-state index contributed by atoms with van der Waals surface area (Å²) in [6.45, 7) is 0.0789. The van der Waals surface area contributed by atoms with Gasteiger partial charge in [0.25, 0.3) is 0 Å². The van der Waals surface area contributed by atoms with Gasteiger partial charge >= 0.3 is 0 Å². The molecule has 1 aromatic rings. The molecule has 0 saturated carbocycles. The van der Waals surface area contributed by atoms with Gasteiger partial charge in [0.2, 0.25) is 0 Å². The molecule has 0 bridgehead atoms. The van der Waals surface area contributed by atoms with Crippen LogP contribution >= 0.6 is 0 Å². The monoisotopic (exact) mass is 178 g/mol. The van der Waals surface area contributed by atoms with Crippen molar-refractivity contribution in [2.24, 2.45) is 5.92 Å². The molecule has 0 aromatic heterocycles. The number of fused-ring (bicyclic) bond motifs is 1. The maximum atomic E-state index is 9.86. The Kier molecular flexibility index (Phi) is 2.34. The molecule has 0 fully saturated rings. The Labute approximate surface area is 77.8 Å². The summed E-state index contributed by atoms with van der Waals surface area (Å²) in [4.78, 5) is 0. The molecule has 1 aliphatic rings. The second kappa shape index (κ2) is 3.48. The van der Waals surface area contributed by atoms with Gasteiger partial charge in [-0.1, -0.05) is 24.3 Å². The first-order valence-electron chi connectivity index (χ1n) is 4.69. The minimum Gasteiger partial charge on any atom is -0.396 e. The van der Waals surface area contributed by atoms with Crippen molar-refractivity contribution in [3.63, 3.8) is 0 Å². The van der Waals surface area contributed by atoms with E-state index >= 15 is 0 Å². The highest BCUT2D eigenvalue weighted by Crippen LogP contribution is 2.33. The van der Waals surface area contributed by atoms with Crippen molar-refractivity contribution in [1.29, 1.82) is 0 Å². The molecule has 1 aliphatic carbocycles. The zero-order chi connectivity index (χ0) is 9.26. The molecule has 2 rings (SSSR count). The normalized spacial score (nSPS) is 26.9. The summed E-state index contributed by atoms with van der Waals surface area (Å²) in [5, 5.41) is 18.9. The van der Waals surface area contributed by atoms with Gasteiger partial charge in [-0.2, -0.15) is 0 Å². The van der Waals surface area contributed by atoms with Crippen LogP contribution in [0.3, 0.4) is 0 Å². The molecular formula is C11H14O2. The zero-order valence-corrected chi connectivity index (χ0v) is 7.48. The Morgan fingerprint density at radius 1 is 1.31 bits per heavy atom. The fourth-order valence-corrected chi connectivity index (χ4v) is 1.99. The maximum absolute atomic E-state index is 9.86. The summed E-state index contributed by atoms with van der Waals surface area (Å²) in [5.74, 6) is 0.0231. The molecule has 0 saturated heterocycles. The van der Waals surface area contributed by atoms with Crippen LogP contribution in [-0.4, -0.2) is 16.8 Å². The maximum Gasteiger partial charge on any atom is 0.0842 e. The minimum atomic E-state index is -0.477. The quantitative estimate of drug-likeness (QED) is 0.680. The van der Waals surface area contributed by atoms with Crippen LogP contribution in [0.15, 0.2) is 24.3 Å². The van der Waals surface area contributed by atoms with E-state index in [9.17, 15) is 5.11 Å². The zero-order valence-electron chi connectivity index (χ0n) is 7.48. The van der Waals surface area contributed by atoms with Gasteiger partial charge < -0.3 is 10.2 Å². The lowest BCUT2D eigenvalue weighted by Gasteiger charge is -2.28. The Bertz CT molecular complexity index is 296. The van der Waals surface area contributed by atoms with Crippen molar-refractivity contribution in [2.75, 3.05) is 6.61 Å². The number of aliphatic hydroxyl groups excluding tert-OH is 2. The number of aliphatic hydroxyl groups is 2. The van der Waals surface area contributed by atoms with E-state index in [0.717, 1.165) is 18.4 Å². The summed E-state index contributed by atoms with van der Waals surface area (Å²) < 4.78 is 0. The number of hydrogen-bond acceptors (Lipinski definition) is 2. The van der Waals surface area contributed by atoms with Gasteiger partial charge in [-0.05, 0) is 24.0 Å². The molecule has 0 radical (unpaired) electrons. The van der Waals surface area contributed by atoms with Gasteiger partial charge in [-0.3, -0.25) is 0 Å². The van der Waals surface area contributed by atoms with Crippen LogP contribution in [0, 0.1) is 5.92 Å². The summed E-state index contributed by atoms with van der Waals surface area (Å²) in [6, 6.07) is 7.92. The van der Waals surface area contributed by atoms with Crippen LogP contribution < -0.4 is 0 Å². The number of benzene rings is 1. The summed E-state index contributed by atoms with van der Waals surface area (Å²) >= 11 is 0. The molecule has 2 heteroatoms. The number of rotatable bonds is 1. The van der Waals surface area contributed by atoms with E-state index in [1.807, 2.05) is 24.3 Å². The second-order valence-electron chi connectivity index (χ2n) is 3.62. The molecule has 0 amide bonds. The molecular weight excluding hydrogens is 164 g/mol. The molecule has 2 atom stereocenters. The van der Waals surface area contributed by atoms with Crippen LogP contribution in [0.25, 0.3) is 0 Å². The van der Waals surface area contributed by atoms with Crippen molar-refractivity contribution in [1.82, 2.24) is 0 Å². The lowest BCUT2D eigenvalue weighted by molar-refractivity contribution is 0.0543. The Morgan fingerprint density at radius 2 is 2.08 bits per heavy atom. The van der Waals surface area contributed by atoms with Crippen molar-refractivity contribution in [3.8, 4) is 0 Å². The Hall–Kier alpha value is -0.860. The first-order valence-corrected chi connectivity index (χ1v) is 4.69. The topological polar surface area (TPSA) is 40.5 Å². The second-order valence-corrected chi connectivity index (χ2v) is 3.62. The van der Waals surface area contributed by atoms with E-state index in [4.69, 9.17) is 5.11 Å². The van der Waals surface area contributed by atoms with Gasteiger partial charge in [0.15, 0.2) is 0 Å². The average molecular weight is 178 g/mol. The molecule has 0 spiro atoms. The van der Waals surface area contributed by atoms with Gasteiger partial charge in [0.05, 0.1) is 6.10 Å². The Balaban J connectivity index is 2.33. The first kappa shape index (κ1) is 8.73. The molecule has 0 aliphatic heterocycles. The van der Waals surface area contributed by atoms with E-state index in [-0.39, 0.29) is 12.5 Å². The molecule has 2 nitrogen and oxygen atoms in total. The average Bonchev–Trinajstić information content (AvgIpc) is 2.19. The van der Waals surface area contributed by atoms with Crippen LogP contribution in [0.1, 0.15) is 23.7 Å². The van der Waals surface area contributed by atoms with Crippen LogP contribution in [0.2, 0.25) is 0 Å². The third-order valence-corrected chi connectivity index (χ3v) is 2.84. The van der Waals surface area contributed by atoms with Crippen molar-refractivity contribution < 1.29 is 10.2 Å². The SMILES string of the molecule is OCC1CCc2ccccc2[C@@H]1O. The van der Waals surface area contributed by atoms with Gasteiger partial charge in [-0.15, -0.1) is 0 Å². The molecule has 13 heavy (non-hydrogen) atoms. The highest BCUT2D eigenvalue weighted by atomic mass is 16.3. The van der Waals surface area contributed by atoms with E-state index in [1.54, 1.807) is 0 Å². The number of hydrogen-bond donors (Lipinski definition) is 2. The lowest BCUT2D eigenvalue weighted by atomic mass is 9.82. The van der Waals surface area contributed by atoms with E-state index in [1.165, 1.54) is 5.56 Å². The molecule has 70 valence electrons. The minimum absolute atomic E-state index is 0.0231. The van der Waals surface area contributed by atoms with E-state index < -0.39 is 6.10 Å². The third kappa shape index (κ3) is 1.47. The Morgan fingerprint density at radius 3 is 2.85 bits per heavy atom. The smallest absolute Gasteiger partial charge is 0.0842 e. The standard InChI is InChI=1S/C11H14O2/c12-7-9-6-5-8-3-1-2-4-10(8)11(9)13/h1-4,9,11-13H,5-7H2/t9?,11-/m1/s1. The van der Waals surface area contributed by atoms with Crippen molar-refractivity contribution in [2.45, 2.75) is 18.9 Å². The lowest BCUT2D eigenvalue weighted by Crippen LogP contribution is -2.23. The summed E-state index contributed by atoms with van der Waals surface area (Å²) in [5.41, 5.74) is 2.22. The van der Waals surface area contributed by atoms with Crippen molar-refractivity contribution in [3.05, 3.63) is 35.4 Å². The van der Waals surface area contributed by atoms with Gasteiger partial charge in [0.1, 0.15) is 0 Å². The predicted octanol–water partition coefficient (Wildman–Crippen LogP) is 1.27. The fourth-order valence-electron chi connectivity index (χ4n) is 1.99. The van der Waals surface area contributed by atoms with E-state index in [0.29, 0.717) is 0 Å². The van der Waals surface area contributed by atoms with Crippen LogP contribution in [-0.2, 0) is 6.42 Å². The summed E-state index contributed by atoms with van der Waals surface area (Å²) in [7, 11) is 0. The van der Waals surface area contributed by atoms with Crippen LogP contribution in [0.4, 0.5) is 0 Å². The van der Waals surface area contributed by atoms with Gasteiger partial charge in [-0.25, -0.2) is 0 Å². The molecule has 2 N–H and O–H groups in total. The first-order chi connectivity index (χ1) is 6.33. The molecule has 1 aromatic carbocycles. The predicted molar refractivity (Wildman–Crippen MR) is 50.3 cm³/mol. The highest BCUT2D eigenvalue weighted by Gasteiger charge is 2.26.